The van der Waals surface area contributed by atoms with Crippen LogP contribution in [0.3, 0.4) is 0 Å². The molecule has 1 rings (SSSR count). The topological polar surface area (TPSA) is 58.6 Å². The number of carbonyl (C=O) groups is 2. The SMILES string of the molecule is CCCCN(C)C(=O)CNC(=O)COc1ccc(Cl)cc1Cl. The molecule has 5 nitrogen and oxygen atoms in total. The standard InChI is InChI=1S/C15H20Cl2N2O3/c1-3-4-7-19(2)15(21)9-18-14(20)10-22-13-6-5-11(16)8-12(13)17/h5-6,8H,3-4,7,9-10H2,1-2H3,(H,18,20). The Labute approximate surface area is 140 Å². The predicted molar refractivity (Wildman–Crippen MR) is 87.5 cm³/mol. The Balaban J connectivity index is 2.33. The lowest BCUT2D eigenvalue weighted by Crippen LogP contribution is -2.40. The lowest BCUT2D eigenvalue weighted by molar-refractivity contribution is -0.132. The first-order valence-electron chi connectivity index (χ1n) is 7.02. The minimum Gasteiger partial charge on any atom is -0.482 e. The molecule has 0 bridgehead atoms. The molecule has 0 aliphatic rings. The van der Waals surface area contributed by atoms with Crippen molar-refractivity contribution >= 4 is 35.0 Å². The van der Waals surface area contributed by atoms with Crippen molar-refractivity contribution in [2.45, 2.75) is 19.8 Å². The number of carbonyl (C=O) groups excluding carboxylic acids is 2. The third-order valence-corrected chi connectivity index (χ3v) is 3.49. The van der Waals surface area contributed by atoms with Gasteiger partial charge in [0.2, 0.25) is 5.91 Å². The van der Waals surface area contributed by atoms with Crippen molar-refractivity contribution in [3.8, 4) is 5.75 Å². The highest BCUT2D eigenvalue weighted by Crippen LogP contribution is 2.27. The fraction of sp³-hybridized carbons (Fsp3) is 0.467. The van der Waals surface area contributed by atoms with Crippen LogP contribution >= 0.6 is 23.2 Å². The summed E-state index contributed by atoms with van der Waals surface area (Å²) in [5, 5.41) is 3.33. The van der Waals surface area contributed by atoms with Gasteiger partial charge in [0.1, 0.15) is 5.75 Å². The van der Waals surface area contributed by atoms with Gasteiger partial charge in [-0.25, -0.2) is 0 Å². The molecule has 2 amide bonds. The van der Waals surface area contributed by atoms with E-state index in [2.05, 4.69) is 12.2 Å². The number of nitrogens with zero attached hydrogens (tertiary/aromatic N) is 1. The molecule has 0 aromatic heterocycles. The smallest absolute Gasteiger partial charge is 0.258 e. The van der Waals surface area contributed by atoms with Gasteiger partial charge in [-0.15, -0.1) is 0 Å². The number of amides is 2. The maximum atomic E-state index is 11.8. The van der Waals surface area contributed by atoms with Crippen LogP contribution in [0.15, 0.2) is 18.2 Å². The number of benzene rings is 1. The summed E-state index contributed by atoms with van der Waals surface area (Å²) in [6, 6.07) is 4.73. The van der Waals surface area contributed by atoms with E-state index < -0.39 is 0 Å². The summed E-state index contributed by atoms with van der Waals surface area (Å²) >= 11 is 11.7. The highest BCUT2D eigenvalue weighted by molar-refractivity contribution is 6.35. The van der Waals surface area contributed by atoms with E-state index in [1.165, 1.54) is 6.07 Å². The van der Waals surface area contributed by atoms with Gasteiger partial charge in [-0.05, 0) is 24.6 Å². The normalized spacial score (nSPS) is 10.2. The summed E-state index contributed by atoms with van der Waals surface area (Å²) in [5.41, 5.74) is 0. The van der Waals surface area contributed by atoms with Crippen LogP contribution in [0, 0.1) is 0 Å². The average molecular weight is 347 g/mol. The minimum absolute atomic E-state index is 0.0449. The Morgan fingerprint density at radius 3 is 2.68 bits per heavy atom. The van der Waals surface area contributed by atoms with Crippen LogP contribution < -0.4 is 10.1 Å². The third kappa shape index (κ3) is 6.54. The zero-order chi connectivity index (χ0) is 16.5. The highest BCUT2D eigenvalue weighted by atomic mass is 35.5. The van der Waals surface area contributed by atoms with Crippen molar-refractivity contribution in [2.24, 2.45) is 0 Å². The van der Waals surface area contributed by atoms with Gasteiger partial charge in [0, 0.05) is 18.6 Å². The summed E-state index contributed by atoms with van der Waals surface area (Å²) in [6.45, 7) is 2.48. The van der Waals surface area contributed by atoms with Crippen LogP contribution in [-0.4, -0.2) is 43.5 Å². The fourth-order valence-corrected chi connectivity index (χ4v) is 2.08. The highest BCUT2D eigenvalue weighted by Gasteiger charge is 2.11. The first-order chi connectivity index (χ1) is 10.4. The lowest BCUT2D eigenvalue weighted by atomic mass is 10.3. The van der Waals surface area contributed by atoms with Gasteiger partial charge in [-0.3, -0.25) is 9.59 Å². The van der Waals surface area contributed by atoms with Crippen molar-refractivity contribution in [1.29, 1.82) is 0 Å². The van der Waals surface area contributed by atoms with E-state index in [0.29, 0.717) is 22.3 Å². The van der Waals surface area contributed by atoms with E-state index >= 15 is 0 Å². The molecule has 1 N–H and O–H groups in total. The first-order valence-corrected chi connectivity index (χ1v) is 7.78. The van der Waals surface area contributed by atoms with E-state index in [1.807, 2.05) is 0 Å². The minimum atomic E-state index is -0.386. The van der Waals surface area contributed by atoms with E-state index in [1.54, 1.807) is 24.1 Å². The number of hydrogen-bond acceptors (Lipinski definition) is 3. The molecule has 0 saturated carbocycles. The number of nitrogens with one attached hydrogen (secondary N) is 1. The van der Waals surface area contributed by atoms with E-state index in [-0.39, 0.29) is 25.0 Å². The molecule has 0 radical (unpaired) electrons. The predicted octanol–water partition coefficient (Wildman–Crippen LogP) is 2.75. The number of halogens is 2. The van der Waals surface area contributed by atoms with Crippen LogP contribution in [0.1, 0.15) is 19.8 Å². The molecule has 22 heavy (non-hydrogen) atoms. The number of hydrogen-bond donors (Lipinski definition) is 1. The second-order valence-corrected chi connectivity index (χ2v) is 5.65. The van der Waals surface area contributed by atoms with Gasteiger partial charge in [0.05, 0.1) is 11.6 Å². The van der Waals surface area contributed by atoms with Crippen LogP contribution in [0.25, 0.3) is 0 Å². The zero-order valence-corrected chi connectivity index (χ0v) is 14.2. The molecule has 0 aliphatic carbocycles. The van der Waals surface area contributed by atoms with E-state index in [4.69, 9.17) is 27.9 Å². The number of ether oxygens (including phenoxy) is 1. The van der Waals surface area contributed by atoms with Gasteiger partial charge >= 0.3 is 0 Å². The summed E-state index contributed by atoms with van der Waals surface area (Å²) in [7, 11) is 1.72. The van der Waals surface area contributed by atoms with Crippen LogP contribution in [-0.2, 0) is 9.59 Å². The maximum Gasteiger partial charge on any atom is 0.258 e. The molecule has 0 aliphatic heterocycles. The van der Waals surface area contributed by atoms with Gasteiger partial charge in [0.15, 0.2) is 6.61 Å². The molecule has 1 aromatic rings. The molecule has 7 heteroatoms. The molecular weight excluding hydrogens is 327 g/mol. The van der Waals surface area contributed by atoms with Gasteiger partial charge in [-0.2, -0.15) is 0 Å². The molecule has 0 heterocycles. The first kappa shape index (κ1) is 18.6. The third-order valence-electron chi connectivity index (χ3n) is 2.96. The van der Waals surface area contributed by atoms with Gasteiger partial charge < -0.3 is 15.0 Å². The molecule has 0 unspecified atom stereocenters. The second kappa shape index (κ2) is 9.54. The quantitative estimate of drug-likeness (QED) is 0.787. The number of unbranched alkanes of at least 4 members (excludes halogenated alkanes) is 1. The summed E-state index contributed by atoms with van der Waals surface area (Å²) < 4.78 is 5.28. The van der Waals surface area contributed by atoms with Crippen LogP contribution in [0.4, 0.5) is 0 Å². The van der Waals surface area contributed by atoms with Crippen molar-refractivity contribution in [1.82, 2.24) is 10.2 Å². The van der Waals surface area contributed by atoms with E-state index in [9.17, 15) is 9.59 Å². The zero-order valence-electron chi connectivity index (χ0n) is 12.7. The molecule has 0 atom stereocenters. The van der Waals surface area contributed by atoms with Crippen molar-refractivity contribution in [2.75, 3.05) is 26.7 Å². The van der Waals surface area contributed by atoms with Crippen molar-refractivity contribution < 1.29 is 14.3 Å². The molecule has 0 fully saturated rings. The molecule has 0 saturated heterocycles. The van der Waals surface area contributed by atoms with E-state index in [0.717, 1.165) is 12.8 Å². The summed E-state index contributed by atoms with van der Waals surface area (Å²) in [4.78, 5) is 25.0. The summed E-state index contributed by atoms with van der Waals surface area (Å²) in [5.74, 6) is -0.151. The number of rotatable bonds is 8. The largest absolute Gasteiger partial charge is 0.482 e. The van der Waals surface area contributed by atoms with Gasteiger partial charge in [-0.1, -0.05) is 36.5 Å². The average Bonchev–Trinajstić information content (AvgIpc) is 2.49. The monoisotopic (exact) mass is 346 g/mol. The van der Waals surface area contributed by atoms with Crippen LogP contribution in [0.5, 0.6) is 5.75 Å². The van der Waals surface area contributed by atoms with Gasteiger partial charge in [0.25, 0.3) is 5.91 Å². The Hall–Kier alpha value is -1.46. The Morgan fingerprint density at radius 1 is 1.32 bits per heavy atom. The Bertz CT molecular complexity index is 524. The lowest BCUT2D eigenvalue weighted by Gasteiger charge is -2.17. The molecule has 1 aromatic carbocycles. The van der Waals surface area contributed by atoms with Crippen molar-refractivity contribution in [3.05, 3.63) is 28.2 Å². The molecule has 122 valence electrons. The fourth-order valence-electron chi connectivity index (χ4n) is 1.62. The van der Waals surface area contributed by atoms with Crippen molar-refractivity contribution in [3.63, 3.8) is 0 Å². The maximum absolute atomic E-state index is 11.8. The second-order valence-electron chi connectivity index (χ2n) is 4.81. The van der Waals surface area contributed by atoms with Crippen LogP contribution in [0.2, 0.25) is 10.0 Å². The molecular formula is C15H20Cl2N2O3. The summed E-state index contributed by atoms with van der Waals surface area (Å²) in [6.07, 6.45) is 1.95. The number of likely N-dealkylation sites (N-methyl/N-ethyl adjacent to an activating group) is 1. The Morgan fingerprint density at radius 2 is 2.05 bits per heavy atom. The Kier molecular flexibility index (Phi) is 8.06. The molecule has 0 spiro atoms.